The monoisotopic (exact) mass is 235 g/mol. The second-order valence-corrected chi connectivity index (χ2v) is 4.77. The van der Waals surface area contributed by atoms with Crippen LogP contribution in [0, 0.1) is 0 Å². The molecule has 0 saturated heterocycles. The molecule has 3 heteroatoms. The smallest absolute Gasteiger partial charge is 0.124 e. The van der Waals surface area contributed by atoms with Gasteiger partial charge in [-0.1, -0.05) is 13.3 Å². The van der Waals surface area contributed by atoms with Crippen LogP contribution in [0.1, 0.15) is 37.3 Å². The van der Waals surface area contributed by atoms with Crippen molar-refractivity contribution in [3.05, 3.63) is 23.3 Å². The van der Waals surface area contributed by atoms with Gasteiger partial charge in [0.2, 0.25) is 0 Å². The van der Waals surface area contributed by atoms with Gasteiger partial charge >= 0.3 is 0 Å². The number of hydrogen-bond acceptors (Lipinski definition) is 3. The van der Waals surface area contributed by atoms with E-state index in [4.69, 9.17) is 15.2 Å². The minimum Gasteiger partial charge on any atom is -0.496 e. The number of hydrogen-bond donors (Lipinski definition) is 1. The molecule has 2 N–H and O–H groups in total. The highest BCUT2D eigenvalue weighted by Gasteiger charge is 2.42. The van der Waals surface area contributed by atoms with Crippen LogP contribution in [0.5, 0.6) is 11.5 Å². The summed E-state index contributed by atoms with van der Waals surface area (Å²) in [7, 11) is 3.41. The molecule has 0 aromatic heterocycles. The molecule has 0 aliphatic heterocycles. The average molecular weight is 235 g/mol. The van der Waals surface area contributed by atoms with Crippen molar-refractivity contribution in [1.82, 2.24) is 0 Å². The SMILES string of the molecule is CCCc1cc(OC)c(C2(N)CC2)cc1OC. The zero-order valence-electron chi connectivity index (χ0n) is 10.9. The molecule has 3 nitrogen and oxygen atoms in total. The van der Waals surface area contributed by atoms with Crippen LogP contribution in [0.2, 0.25) is 0 Å². The van der Waals surface area contributed by atoms with Crippen LogP contribution in [-0.2, 0) is 12.0 Å². The third-order valence-corrected chi connectivity index (χ3v) is 3.45. The Morgan fingerprint density at radius 1 is 1.18 bits per heavy atom. The summed E-state index contributed by atoms with van der Waals surface area (Å²) in [5.74, 6) is 1.83. The van der Waals surface area contributed by atoms with Crippen molar-refractivity contribution in [3.8, 4) is 11.5 Å². The molecule has 17 heavy (non-hydrogen) atoms. The minimum absolute atomic E-state index is 0.191. The van der Waals surface area contributed by atoms with Gasteiger partial charge in [0, 0.05) is 11.1 Å². The molecule has 1 fully saturated rings. The standard InChI is InChI=1S/C14H21NO2/c1-4-5-10-8-13(17-3)11(9-12(10)16-2)14(15)6-7-14/h8-9H,4-7,15H2,1-3H3. The predicted octanol–water partition coefficient (Wildman–Crippen LogP) is 2.60. The maximum atomic E-state index is 6.26. The maximum Gasteiger partial charge on any atom is 0.124 e. The Morgan fingerprint density at radius 3 is 2.29 bits per heavy atom. The second kappa shape index (κ2) is 4.57. The molecule has 0 spiro atoms. The Kier molecular flexibility index (Phi) is 3.29. The molecule has 1 aliphatic carbocycles. The van der Waals surface area contributed by atoms with Gasteiger partial charge in [0.15, 0.2) is 0 Å². The Labute approximate surface area is 103 Å². The number of aryl methyl sites for hydroxylation is 1. The summed E-state index contributed by atoms with van der Waals surface area (Å²) in [5.41, 5.74) is 8.34. The summed E-state index contributed by atoms with van der Waals surface area (Å²) in [4.78, 5) is 0. The van der Waals surface area contributed by atoms with Gasteiger partial charge < -0.3 is 15.2 Å². The quantitative estimate of drug-likeness (QED) is 0.853. The van der Waals surface area contributed by atoms with E-state index < -0.39 is 0 Å². The van der Waals surface area contributed by atoms with Gasteiger partial charge in [-0.2, -0.15) is 0 Å². The lowest BCUT2D eigenvalue weighted by Gasteiger charge is -2.18. The zero-order valence-corrected chi connectivity index (χ0v) is 10.9. The first-order valence-corrected chi connectivity index (χ1v) is 6.19. The van der Waals surface area contributed by atoms with Gasteiger partial charge in [-0.05, 0) is 37.0 Å². The van der Waals surface area contributed by atoms with Crippen LogP contribution in [0.3, 0.4) is 0 Å². The molecule has 1 saturated carbocycles. The molecular weight excluding hydrogens is 214 g/mol. The number of benzene rings is 1. The van der Waals surface area contributed by atoms with E-state index in [2.05, 4.69) is 19.1 Å². The van der Waals surface area contributed by atoms with Crippen LogP contribution in [0.25, 0.3) is 0 Å². The average Bonchev–Trinajstić information content (AvgIpc) is 3.08. The molecule has 0 heterocycles. The largest absolute Gasteiger partial charge is 0.496 e. The van der Waals surface area contributed by atoms with Gasteiger partial charge in [-0.25, -0.2) is 0 Å². The first-order chi connectivity index (χ1) is 8.14. The normalized spacial score (nSPS) is 16.7. The Hall–Kier alpha value is -1.22. The third-order valence-electron chi connectivity index (χ3n) is 3.45. The van der Waals surface area contributed by atoms with Gasteiger partial charge in [0.25, 0.3) is 0 Å². The molecule has 1 aromatic carbocycles. The van der Waals surface area contributed by atoms with E-state index in [1.54, 1.807) is 14.2 Å². The lowest BCUT2D eigenvalue weighted by molar-refractivity contribution is 0.390. The Bertz CT molecular complexity index is 411. The first-order valence-electron chi connectivity index (χ1n) is 6.19. The van der Waals surface area contributed by atoms with E-state index in [0.29, 0.717) is 0 Å². The fourth-order valence-corrected chi connectivity index (χ4v) is 2.22. The third kappa shape index (κ3) is 2.25. The highest BCUT2D eigenvalue weighted by Crippen LogP contribution is 2.48. The van der Waals surface area contributed by atoms with Crippen LogP contribution in [-0.4, -0.2) is 14.2 Å². The maximum absolute atomic E-state index is 6.26. The van der Waals surface area contributed by atoms with Gasteiger partial charge in [-0.15, -0.1) is 0 Å². The molecule has 0 atom stereocenters. The lowest BCUT2D eigenvalue weighted by atomic mass is 9.99. The zero-order chi connectivity index (χ0) is 12.5. The minimum atomic E-state index is -0.191. The highest BCUT2D eigenvalue weighted by atomic mass is 16.5. The molecule has 1 aromatic rings. The molecule has 94 valence electrons. The summed E-state index contributed by atoms with van der Waals surface area (Å²) < 4.78 is 10.9. The van der Waals surface area contributed by atoms with Crippen LogP contribution >= 0.6 is 0 Å². The van der Waals surface area contributed by atoms with E-state index in [1.165, 1.54) is 5.56 Å². The fourth-order valence-electron chi connectivity index (χ4n) is 2.22. The van der Waals surface area contributed by atoms with Crippen molar-refractivity contribution in [2.24, 2.45) is 5.73 Å². The van der Waals surface area contributed by atoms with Crippen LogP contribution in [0.4, 0.5) is 0 Å². The summed E-state index contributed by atoms with van der Waals surface area (Å²) in [6.07, 6.45) is 4.14. The van der Waals surface area contributed by atoms with Crippen LogP contribution < -0.4 is 15.2 Å². The number of nitrogens with two attached hydrogens (primary N) is 1. The first kappa shape index (κ1) is 12.2. The summed E-state index contributed by atoms with van der Waals surface area (Å²) in [6.45, 7) is 2.16. The molecule has 0 bridgehead atoms. The molecule has 0 unspecified atom stereocenters. The van der Waals surface area contributed by atoms with Crippen molar-refractivity contribution < 1.29 is 9.47 Å². The van der Waals surface area contributed by atoms with E-state index >= 15 is 0 Å². The number of ether oxygens (including phenoxy) is 2. The Balaban J connectivity index is 2.45. The number of methoxy groups -OCH3 is 2. The molecule has 0 radical (unpaired) electrons. The van der Waals surface area contributed by atoms with Crippen molar-refractivity contribution in [2.45, 2.75) is 38.1 Å². The summed E-state index contributed by atoms with van der Waals surface area (Å²) >= 11 is 0. The molecule has 0 amide bonds. The van der Waals surface area contributed by atoms with Crippen molar-refractivity contribution >= 4 is 0 Å². The van der Waals surface area contributed by atoms with Crippen molar-refractivity contribution in [2.75, 3.05) is 14.2 Å². The van der Waals surface area contributed by atoms with Crippen molar-refractivity contribution in [3.63, 3.8) is 0 Å². The van der Waals surface area contributed by atoms with Gasteiger partial charge in [0.05, 0.1) is 14.2 Å². The molecular formula is C14H21NO2. The predicted molar refractivity (Wildman–Crippen MR) is 68.6 cm³/mol. The molecule has 2 rings (SSSR count). The summed E-state index contributed by atoms with van der Waals surface area (Å²) in [5, 5.41) is 0. The van der Waals surface area contributed by atoms with E-state index in [9.17, 15) is 0 Å². The highest BCUT2D eigenvalue weighted by molar-refractivity contribution is 5.51. The Morgan fingerprint density at radius 2 is 1.82 bits per heavy atom. The van der Waals surface area contributed by atoms with E-state index in [-0.39, 0.29) is 5.54 Å². The van der Waals surface area contributed by atoms with Crippen LogP contribution in [0.15, 0.2) is 12.1 Å². The molecule has 1 aliphatic rings. The van der Waals surface area contributed by atoms with E-state index in [0.717, 1.165) is 42.7 Å². The number of rotatable bonds is 5. The summed E-state index contributed by atoms with van der Waals surface area (Å²) in [6, 6.07) is 4.13. The van der Waals surface area contributed by atoms with Gasteiger partial charge in [-0.3, -0.25) is 0 Å². The van der Waals surface area contributed by atoms with Gasteiger partial charge in [0.1, 0.15) is 11.5 Å². The van der Waals surface area contributed by atoms with Crippen molar-refractivity contribution in [1.29, 1.82) is 0 Å². The van der Waals surface area contributed by atoms with E-state index in [1.807, 2.05) is 0 Å². The fraction of sp³-hybridized carbons (Fsp3) is 0.571. The second-order valence-electron chi connectivity index (χ2n) is 4.77. The topological polar surface area (TPSA) is 44.5 Å². The lowest BCUT2D eigenvalue weighted by Crippen LogP contribution is -2.20.